The molecule has 0 aliphatic heterocycles. The monoisotopic (exact) mass is 216 g/mol. The van der Waals surface area contributed by atoms with Crippen LogP contribution < -0.4 is 5.73 Å². The molecule has 0 aliphatic rings. The lowest BCUT2D eigenvalue weighted by Gasteiger charge is -1.98. The highest BCUT2D eigenvalue weighted by Crippen LogP contribution is 2.01. The highest BCUT2D eigenvalue weighted by Gasteiger charge is 2.09. The molecule has 0 aromatic carbocycles. The summed E-state index contributed by atoms with van der Waals surface area (Å²) >= 11 is 0. The zero-order valence-corrected chi connectivity index (χ0v) is 8.71. The highest BCUT2D eigenvalue weighted by atomic mass is 16.2. The molecule has 2 rings (SSSR count). The first kappa shape index (κ1) is 10.5. The number of hydrogen-bond donors (Lipinski definition) is 1. The van der Waals surface area contributed by atoms with Crippen molar-refractivity contribution in [3.8, 4) is 0 Å². The molecule has 0 atom stereocenters. The molecule has 5 nitrogen and oxygen atoms in total. The van der Waals surface area contributed by atoms with E-state index in [0.29, 0.717) is 18.7 Å². The van der Waals surface area contributed by atoms with Crippen molar-refractivity contribution in [2.75, 3.05) is 6.54 Å². The zero-order valence-electron chi connectivity index (χ0n) is 8.71. The molecule has 5 heteroatoms. The quantitative estimate of drug-likeness (QED) is 0.809. The Hall–Kier alpha value is -2.01. The van der Waals surface area contributed by atoms with Crippen LogP contribution >= 0.6 is 0 Å². The Morgan fingerprint density at radius 2 is 2.25 bits per heavy atom. The summed E-state index contributed by atoms with van der Waals surface area (Å²) in [5.74, 6) is -0.184. The third-order valence-electron chi connectivity index (χ3n) is 2.16. The first-order valence-corrected chi connectivity index (χ1v) is 5.00. The molecule has 16 heavy (non-hydrogen) atoms. The predicted molar refractivity (Wildman–Crippen MR) is 59.0 cm³/mol. The average Bonchev–Trinajstić information content (AvgIpc) is 2.78. The SMILES string of the molecule is NCCc1cn(C(=O)c2ccccn2)cn1. The summed E-state index contributed by atoms with van der Waals surface area (Å²) in [6.45, 7) is 0.523. The number of imidazole rings is 1. The number of pyridine rings is 1. The fraction of sp³-hybridized carbons (Fsp3) is 0.182. The van der Waals surface area contributed by atoms with E-state index in [1.54, 1.807) is 30.6 Å². The van der Waals surface area contributed by atoms with Crippen LogP contribution in [0.15, 0.2) is 36.9 Å². The number of hydrogen-bond acceptors (Lipinski definition) is 4. The van der Waals surface area contributed by atoms with Crippen molar-refractivity contribution in [3.63, 3.8) is 0 Å². The first-order valence-electron chi connectivity index (χ1n) is 5.00. The van der Waals surface area contributed by atoms with Gasteiger partial charge in [0.05, 0.1) is 5.69 Å². The van der Waals surface area contributed by atoms with Crippen LogP contribution in [0.4, 0.5) is 0 Å². The van der Waals surface area contributed by atoms with Crippen molar-refractivity contribution in [2.24, 2.45) is 5.73 Å². The second-order valence-corrected chi connectivity index (χ2v) is 3.33. The van der Waals surface area contributed by atoms with E-state index < -0.39 is 0 Å². The summed E-state index contributed by atoms with van der Waals surface area (Å²) < 4.78 is 1.42. The Balaban J connectivity index is 2.21. The van der Waals surface area contributed by atoms with E-state index in [2.05, 4.69) is 9.97 Å². The molecular formula is C11H12N4O. The van der Waals surface area contributed by atoms with Gasteiger partial charge in [-0.1, -0.05) is 6.07 Å². The van der Waals surface area contributed by atoms with E-state index in [4.69, 9.17) is 5.73 Å². The van der Waals surface area contributed by atoms with Gasteiger partial charge in [-0.05, 0) is 18.7 Å². The van der Waals surface area contributed by atoms with Gasteiger partial charge in [0.25, 0.3) is 5.91 Å². The molecule has 2 aromatic rings. The Labute approximate surface area is 92.9 Å². The van der Waals surface area contributed by atoms with Gasteiger partial charge in [0.1, 0.15) is 12.0 Å². The van der Waals surface area contributed by atoms with Crippen LogP contribution in [0.5, 0.6) is 0 Å². The van der Waals surface area contributed by atoms with Gasteiger partial charge >= 0.3 is 0 Å². The Morgan fingerprint density at radius 3 is 2.94 bits per heavy atom. The van der Waals surface area contributed by atoms with Gasteiger partial charge in [0.15, 0.2) is 0 Å². The van der Waals surface area contributed by atoms with E-state index in [-0.39, 0.29) is 5.91 Å². The lowest BCUT2D eigenvalue weighted by Crippen LogP contribution is -2.11. The summed E-state index contributed by atoms with van der Waals surface area (Å²) in [4.78, 5) is 20.0. The number of rotatable bonds is 3. The second-order valence-electron chi connectivity index (χ2n) is 3.33. The van der Waals surface area contributed by atoms with E-state index in [0.717, 1.165) is 5.69 Å². The molecule has 0 spiro atoms. The molecule has 2 aromatic heterocycles. The van der Waals surface area contributed by atoms with Crippen molar-refractivity contribution in [3.05, 3.63) is 48.3 Å². The number of aromatic nitrogens is 3. The van der Waals surface area contributed by atoms with Crippen molar-refractivity contribution >= 4 is 5.91 Å². The minimum atomic E-state index is -0.184. The van der Waals surface area contributed by atoms with Crippen LogP contribution in [-0.4, -0.2) is 27.0 Å². The summed E-state index contributed by atoms with van der Waals surface area (Å²) in [6.07, 6.45) is 5.43. The summed E-state index contributed by atoms with van der Waals surface area (Å²) in [5, 5.41) is 0. The largest absolute Gasteiger partial charge is 0.330 e. The number of carbonyl (C=O) groups excluding carboxylic acids is 1. The van der Waals surface area contributed by atoms with Gasteiger partial charge in [-0.25, -0.2) is 4.98 Å². The minimum Gasteiger partial charge on any atom is -0.330 e. The maximum atomic E-state index is 11.9. The van der Waals surface area contributed by atoms with Gasteiger partial charge in [0, 0.05) is 18.8 Å². The lowest BCUT2D eigenvalue weighted by atomic mass is 10.3. The smallest absolute Gasteiger partial charge is 0.281 e. The molecule has 0 saturated heterocycles. The summed E-state index contributed by atoms with van der Waals surface area (Å²) in [7, 11) is 0. The van der Waals surface area contributed by atoms with Gasteiger partial charge in [0.2, 0.25) is 0 Å². The van der Waals surface area contributed by atoms with Crippen molar-refractivity contribution < 1.29 is 4.79 Å². The molecule has 0 bridgehead atoms. The van der Waals surface area contributed by atoms with Crippen LogP contribution in [0.2, 0.25) is 0 Å². The normalized spacial score (nSPS) is 10.3. The maximum absolute atomic E-state index is 11.9. The van der Waals surface area contributed by atoms with Crippen molar-refractivity contribution in [1.82, 2.24) is 14.5 Å². The third-order valence-corrected chi connectivity index (χ3v) is 2.16. The zero-order chi connectivity index (χ0) is 11.4. The van der Waals surface area contributed by atoms with Crippen LogP contribution in [0, 0.1) is 0 Å². The molecule has 0 unspecified atom stereocenters. The first-order chi connectivity index (χ1) is 7.81. The summed E-state index contributed by atoms with van der Waals surface area (Å²) in [6, 6.07) is 5.22. The second kappa shape index (κ2) is 4.67. The van der Waals surface area contributed by atoms with E-state index >= 15 is 0 Å². The molecule has 0 fully saturated rings. The molecule has 0 aliphatic carbocycles. The molecule has 2 heterocycles. The van der Waals surface area contributed by atoms with Gasteiger partial charge in [-0.3, -0.25) is 14.3 Å². The van der Waals surface area contributed by atoms with E-state index in [1.165, 1.54) is 10.9 Å². The fourth-order valence-electron chi connectivity index (χ4n) is 1.37. The van der Waals surface area contributed by atoms with Crippen LogP contribution in [-0.2, 0) is 6.42 Å². The fourth-order valence-corrected chi connectivity index (χ4v) is 1.37. The average molecular weight is 216 g/mol. The molecule has 0 saturated carbocycles. The van der Waals surface area contributed by atoms with Gasteiger partial charge < -0.3 is 5.73 Å². The van der Waals surface area contributed by atoms with E-state index in [9.17, 15) is 4.79 Å². The van der Waals surface area contributed by atoms with Crippen molar-refractivity contribution in [1.29, 1.82) is 0 Å². The number of nitrogens with two attached hydrogens (primary N) is 1. The van der Waals surface area contributed by atoms with Crippen LogP contribution in [0.3, 0.4) is 0 Å². The molecule has 2 N–H and O–H groups in total. The van der Waals surface area contributed by atoms with E-state index in [1.807, 2.05) is 0 Å². The molecule has 0 radical (unpaired) electrons. The Morgan fingerprint density at radius 1 is 1.38 bits per heavy atom. The maximum Gasteiger partial charge on any atom is 0.281 e. The minimum absolute atomic E-state index is 0.184. The number of nitrogens with zero attached hydrogens (tertiary/aromatic N) is 3. The third kappa shape index (κ3) is 2.14. The molecule has 0 amide bonds. The van der Waals surface area contributed by atoms with Gasteiger partial charge in [-0.15, -0.1) is 0 Å². The Bertz CT molecular complexity index is 478. The van der Waals surface area contributed by atoms with Crippen LogP contribution in [0.25, 0.3) is 0 Å². The topological polar surface area (TPSA) is 73.8 Å². The lowest BCUT2D eigenvalue weighted by molar-refractivity contribution is 0.0954. The highest BCUT2D eigenvalue weighted by molar-refractivity contribution is 5.93. The molecular weight excluding hydrogens is 204 g/mol. The Kier molecular flexibility index (Phi) is 3.07. The standard InChI is InChI=1S/C11H12N4O/c12-5-4-9-7-15(8-14-9)11(16)10-3-1-2-6-13-10/h1-3,6-8H,4-5,12H2. The van der Waals surface area contributed by atoms with Crippen molar-refractivity contribution in [2.45, 2.75) is 6.42 Å². The van der Waals surface area contributed by atoms with Crippen LogP contribution in [0.1, 0.15) is 16.2 Å². The predicted octanol–water partition coefficient (Wildman–Crippen LogP) is 0.468. The molecule has 82 valence electrons. The number of carbonyl (C=O) groups is 1. The van der Waals surface area contributed by atoms with Gasteiger partial charge in [-0.2, -0.15) is 0 Å². The summed E-state index contributed by atoms with van der Waals surface area (Å²) in [5.41, 5.74) is 6.62.